The highest BCUT2D eigenvalue weighted by atomic mass is 79.9. The summed E-state index contributed by atoms with van der Waals surface area (Å²) in [6.07, 6.45) is 0. The van der Waals surface area contributed by atoms with E-state index in [0.29, 0.717) is 0 Å². The molecule has 0 spiro atoms. The maximum absolute atomic E-state index is 3.68. The van der Waals surface area contributed by atoms with Crippen molar-refractivity contribution < 1.29 is 0 Å². The van der Waals surface area contributed by atoms with Gasteiger partial charge in [0.15, 0.2) is 0 Å². The molecule has 0 amide bonds. The Morgan fingerprint density at radius 2 is 1.36 bits per heavy atom. The van der Waals surface area contributed by atoms with Gasteiger partial charge < -0.3 is 4.57 Å². The molecule has 0 unspecified atom stereocenters. The van der Waals surface area contributed by atoms with Crippen molar-refractivity contribution in [2.24, 2.45) is 0 Å². The molecule has 1 aliphatic heterocycles. The minimum absolute atomic E-state index is 1.11. The summed E-state index contributed by atoms with van der Waals surface area (Å²) >= 11 is 7.45. The van der Waals surface area contributed by atoms with Crippen LogP contribution in [0.5, 0.6) is 0 Å². The second-order valence-corrected chi connectivity index (χ2v) is 9.82. The standard InChI is InChI=1S/C24H14BrNS2/c25-15-10-11-18-17(14-15)23-19(26(18)16-6-2-1-3-7-16)12-13-22-24(23)28-21-9-5-4-8-20(21)27-22/h1-14H. The van der Waals surface area contributed by atoms with Gasteiger partial charge in [-0.3, -0.25) is 0 Å². The van der Waals surface area contributed by atoms with E-state index in [2.05, 4.69) is 105 Å². The maximum Gasteiger partial charge on any atom is 0.0553 e. The van der Waals surface area contributed by atoms with Gasteiger partial charge in [-0.25, -0.2) is 0 Å². The lowest BCUT2D eigenvalue weighted by molar-refractivity contribution is 1.15. The Balaban J connectivity index is 1.73. The van der Waals surface area contributed by atoms with Crippen molar-refractivity contribution in [2.45, 2.75) is 19.6 Å². The van der Waals surface area contributed by atoms with E-state index in [1.807, 2.05) is 23.5 Å². The third kappa shape index (κ3) is 2.48. The number of aromatic nitrogens is 1. The molecular weight excluding hydrogens is 446 g/mol. The first-order valence-electron chi connectivity index (χ1n) is 9.06. The van der Waals surface area contributed by atoms with Crippen molar-refractivity contribution in [2.75, 3.05) is 0 Å². The molecule has 1 aromatic heterocycles. The van der Waals surface area contributed by atoms with Gasteiger partial charge in [0.25, 0.3) is 0 Å². The molecule has 2 heterocycles. The molecule has 0 atom stereocenters. The van der Waals surface area contributed by atoms with Crippen molar-refractivity contribution in [1.82, 2.24) is 4.57 Å². The van der Waals surface area contributed by atoms with E-state index in [9.17, 15) is 0 Å². The molecule has 0 saturated carbocycles. The van der Waals surface area contributed by atoms with E-state index in [0.717, 1.165) is 4.47 Å². The minimum atomic E-state index is 1.11. The second-order valence-electron chi connectivity index (χ2n) is 6.77. The van der Waals surface area contributed by atoms with E-state index in [-0.39, 0.29) is 0 Å². The van der Waals surface area contributed by atoms with Crippen LogP contribution in [0.4, 0.5) is 0 Å². The third-order valence-corrected chi connectivity index (χ3v) is 8.20. The van der Waals surface area contributed by atoms with Gasteiger partial charge in [-0.1, -0.05) is 69.8 Å². The molecule has 0 radical (unpaired) electrons. The summed E-state index contributed by atoms with van der Waals surface area (Å²) in [7, 11) is 0. The molecule has 6 rings (SSSR count). The summed E-state index contributed by atoms with van der Waals surface area (Å²) in [6.45, 7) is 0. The lowest BCUT2D eigenvalue weighted by Gasteiger charge is -2.19. The van der Waals surface area contributed by atoms with Gasteiger partial charge in [-0.05, 0) is 54.6 Å². The molecule has 0 bridgehead atoms. The quantitative estimate of drug-likeness (QED) is 0.244. The highest BCUT2D eigenvalue weighted by molar-refractivity contribution is 9.10. The summed E-state index contributed by atoms with van der Waals surface area (Å²) in [5.41, 5.74) is 3.69. The van der Waals surface area contributed by atoms with Crippen LogP contribution in [-0.2, 0) is 0 Å². The number of para-hydroxylation sites is 1. The van der Waals surface area contributed by atoms with E-state index >= 15 is 0 Å². The summed E-state index contributed by atoms with van der Waals surface area (Å²) in [4.78, 5) is 5.37. The van der Waals surface area contributed by atoms with Crippen LogP contribution in [0.25, 0.3) is 27.5 Å². The fourth-order valence-electron chi connectivity index (χ4n) is 3.92. The molecular formula is C24H14BrNS2. The third-order valence-electron chi connectivity index (χ3n) is 5.10. The average Bonchev–Trinajstić information content (AvgIpc) is 3.06. The van der Waals surface area contributed by atoms with Crippen LogP contribution in [-0.4, -0.2) is 4.57 Å². The van der Waals surface area contributed by atoms with Crippen LogP contribution < -0.4 is 0 Å². The molecule has 1 nitrogen and oxygen atoms in total. The first kappa shape index (κ1) is 16.8. The fourth-order valence-corrected chi connectivity index (χ4v) is 6.68. The molecule has 5 aromatic rings. The summed E-state index contributed by atoms with van der Waals surface area (Å²) in [5.74, 6) is 0. The summed E-state index contributed by atoms with van der Waals surface area (Å²) in [5, 5.41) is 2.63. The van der Waals surface area contributed by atoms with Crippen LogP contribution in [0.2, 0.25) is 0 Å². The zero-order chi connectivity index (χ0) is 18.7. The van der Waals surface area contributed by atoms with E-state index in [4.69, 9.17) is 0 Å². The zero-order valence-corrected chi connectivity index (χ0v) is 17.9. The number of nitrogens with zero attached hydrogens (tertiary/aromatic N) is 1. The minimum Gasteiger partial charge on any atom is -0.309 e. The molecule has 0 saturated heterocycles. The van der Waals surface area contributed by atoms with Gasteiger partial charge in [0.05, 0.1) is 11.0 Å². The molecule has 28 heavy (non-hydrogen) atoms. The molecule has 0 aliphatic carbocycles. The normalized spacial score (nSPS) is 12.9. The largest absolute Gasteiger partial charge is 0.309 e. The molecule has 4 aromatic carbocycles. The summed E-state index contributed by atoms with van der Waals surface area (Å²) < 4.78 is 3.49. The Hall–Kier alpha value is -2.14. The van der Waals surface area contributed by atoms with Crippen molar-refractivity contribution >= 4 is 61.3 Å². The highest BCUT2D eigenvalue weighted by Crippen LogP contribution is 2.52. The lowest BCUT2D eigenvalue weighted by Crippen LogP contribution is -1.94. The van der Waals surface area contributed by atoms with Crippen LogP contribution >= 0.6 is 39.5 Å². The van der Waals surface area contributed by atoms with E-state index in [1.54, 1.807) is 0 Å². The van der Waals surface area contributed by atoms with Crippen LogP contribution in [0, 0.1) is 0 Å². The first-order valence-corrected chi connectivity index (χ1v) is 11.5. The number of rotatable bonds is 1. The van der Waals surface area contributed by atoms with Crippen molar-refractivity contribution in [3.63, 3.8) is 0 Å². The van der Waals surface area contributed by atoms with Gasteiger partial charge in [0.2, 0.25) is 0 Å². The molecule has 1 aliphatic rings. The number of benzene rings is 4. The van der Waals surface area contributed by atoms with Crippen LogP contribution in [0.15, 0.2) is 109 Å². The maximum atomic E-state index is 3.68. The number of hydrogen-bond acceptors (Lipinski definition) is 2. The van der Waals surface area contributed by atoms with Gasteiger partial charge in [-0.15, -0.1) is 0 Å². The fraction of sp³-hybridized carbons (Fsp3) is 0. The van der Waals surface area contributed by atoms with Crippen molar-refractivity contribution in [1.29, 1.82) is 0 Å². The SMILES string of the molecule is Brc1ccc2c(c1)c1c3c(ccc1n2-c1ccccc1)Sc1ccccc1S3. The molecule has 0 N–H and O–H groups in total. The Labute approximate surface area is 179 Å². The van der Waals surface area contributed by atoms with Crippen molar-refractivity contribution in [3.05, 3.63) is 89.4 Å². The highest BCUT2D eigenvalue weighted by Gasteiger charge is 2.23. The predicted molar refractivity (Wildman–Crippen MR) is 123 cm³/mol. The van der Waals surface area contributed by atoms with E-state index in [1.165, 1.54) is 47.1 Å². The van der Waals surface area contributed by atoms with Crippen LogP contribution in [0.3, 0.4) is 0 Å². The number of halogens is 1. The number of fused-ring (bicyclic) bond motifs is 6. The molecule has 0 fully saturated rings. The second kappa shape index (κ2) is 6.45. The zero-order valence-electron chi connectivity index (χ0n) is 14.7. The van der Waals surface area contributed by atoms with Gasteiger partial charge in [0, 0.05) is 40.5 Å². The lowest BCUT2D eigenvalue weighted by atomic mass is 10.1. The first-order chi connectivity index (χ1) is 13.8. The Kier molecular flexibility index (Phi) is 3.86. The topological polar surface area (TPSA) is 4.93 Å². The summed E-state index contributed by atoms with van der Waals surface area (Å²) in [6, 6.07) is 30.5. The van der Waals surface area contributed by atoms with Gasteiger partial charge in [-0.2, -0.15) is 0 Å². The molecule has 134 valence electrons. The smallest absolute Gasteiger partial charge is 0.0553 e. The monoisotopic (exact) mass is 459 g/mol. The number of hydrogen-bond donors (Lipinski definition) is 0. The van der Waals surface area contributed by atoms with Crippen LogP contribution in [0.1, 0.15) is 0 Å². The van der Waals surface area contributed by atoms with Crippen molar-refractivity contribution in [3.8, 4) is 5.69 Å². The van der Waals surface area contributed by atoms with Gasteiger partial charge in [0.1, 0.15) is 0 Å². The van der Waals surface area contributed by atoms with E-state index < -0.39 is 0 Å². The molecule has 4 heteroatoms. The Morgan fingerprint density at radius 3 is 2.18 bits per heavy atom. The van der Waals surface area contributed by atoms with Gasteiger partial charge >= 0.3 is 0 Å². The Bertz CT molecular complexity index is 1370. The average molecular weight is 460 g/mol. The Morgan fingerprint density at radius 1 is 0.643 bits per heavy atom. The predicted octanol–water partition coefficient (Wildman–Crippen LogP) is 8.16.